The summed E-state index contributed by atoms with van der Waals surface area (Å²) in [4.78, 5) is 37.7. The molecule has 0 aliphatic carbocycles. The summed E-state index contributed by atoms with van der Waals surface area (Å²) in [5.41, 5.74) is 13.4. The second kappa shape index (κ2) is 9.85. The van der Waals surface area contributed by atoms with Gasteiger partial charge in [0, 0.05) is 52.7 Å². The van der Waals surface area contributed by atoms with Crippen LogP contribution in [0.4, 0.5) is 17.1 Å². The van der Waals surface area contributed by atoms with Crippen molar-refractivity contribution < 1.29 is 19.6 Å². The summed E-state index contributed by atoms with van der Waals surface area (Å²) in [7, 11) is 5.05. The SMILES string of the molecule is Cn1cc(NC(=O)c2cc(NC(=O)c3cc(N)cn3C)cn2C)cc1C(=O)NCCC(N)=NO. The molecule has 3 amide bonds. The number of nitrogens with two attached hydrogens (primary N) is 2. The molecule has 34 heavy (non-hydrogen) atoms. The van der Waals surface area contributed by atoms with Crippen molar-refractivity contribution in [2.45, 2.75) is 6.42 Å². The van der Waals surface area contributed by atoms with Gasteiger partial charge in [-0.2, -0.15) is 0 Å². The topological polar surface area (TPSA) is 187 Å². The Morgan fingerprint density at radius 3 is 1.79 bits per heavy atom. The van der Waals surface area contributed by atoms with Crippen LogP contribution in [0.2, 0.25) is 0 Å². The largest absolute Gasteiger partial charge is 0.409 e. The number of amidine groups is 1. The van der Waals surface area contributed by atoms with E-state index in [-0.39, 0.29) is 30.6 Å². The van der Waals surface area contributed by atoms with E-state index in [1.807, 2.05) is 0 Å². The van der Waals surface area contributed by atoms with Gasteiger partial charge in [-0.05, 0) is 18.2 Å². The number of oxime groups is 1. The highest BCUT2D eigenvalue weighted by Gasteiger charge is 2.18. The third-order valence-electron chi connectivity index (χ3n) is 5.04. The maximum atomic E-state index is 12.8. The van der Waals surface area contributed by atoms with Gasteiger partial charge in [-0.1, -0.05) is 5.16 Å². The first-order valence-electron chi connectivity index (χ1n) is 10.2. The average Bonchev–Trinajstić information content (AvgIpc) is 3.43. The van der Waals surface area contributed by atoms with Crippen LogP contribution < -0.4 is 27.4 Å². The van der Waals surface area contributed by atoms with E-state index in [9.17, 15) is 14.4 Å². The highest BCUT2D eigenvalue weighted by atomic mass is 16.4. The normalized spacial score (nSPS) is 11.3. The Balaban J connectivity index is 1.65. The first-order valence-corrected chi connectivity index (χ1v) is 10.2. The lowest BCUT2D eigenvalue weighted by atomic mass is 10.3. The lowest BCUT2D eigenvalue weighted by Gasteiger charge is -2.04. The van der Waals surface area contributed by atoms with E-state index in [1.165, 1.54) is 6.07 Å². The molecule has 8 N–H and O–H groups in total. The molecule has 3 heterocycles. The minimum Gasteiger partial charge on any atom is -0.409 e. The number of aromatic nitrogens is 3. The van der Waals surface area contributed by atoms with Crippen LogP contribution in [-0.4, -0.2) is 49.0 Å². The summed E-state index contributed by atoms with van der Waals surface area (Å²) in [6.07, 6.45) is 5.04. The summed E-state index contributed by atoms with van der Waals surface area (Å²) >= 11 is 0. The Morgan fingerprint density at radius 1 is 0.853 bits per heavy atom. The molecule has 3 rings (SSSR count). The maximum absolute atomic E-state index is 12.8. The molecule has 0 radical (unpaired) electrons. The second-order valence-electron chi connectivity index (χ2n) is 7.72. The zero-order chi connectivity index (χ0) is 25.0. The van der Waals surface area contributed by atoms with Gasteiger partial charge in [-0.25, -0.2) is 0 Å². The van der Waals surface area contributed by atoms with E-state index in [0.717, 1.165) is 0 Å². The van der Waals surface area contributed by atoms with Crippen LogP contribution in [0.25, 0.3) is 0 Å². The summed E-state index contributed by atoms with van der Waals surface area (Å²) in [6, 6.07) is 4.63. The Bertz CT molecular complexity index is 1270. The van der Waals surface area contributed by atoms with Gasteiger partial charge in [0.05, 0.1) is 17.1 Å². The van der Waals surface area contributed by atoms with E-state index in [2.05, 4.69) is 21.1 Å². The van der Waals surface area contributed by atoms with Crippen LogP contribution in [0.15, 0.2) is 41.9 Å². The van der Waals surface area contributed by atoms with Crippen molar-refractivity contribution in [2.75, 3.05) is 22.9 Å². The minimum atomic E-state index is -0.421. The van der Waals surface area contributed by atoms with Gasteiger partial charge < -0.3 is 46.3 Å². The van der Waals surface area contributed by atoms with Crippen LogP contribution in [-0.2, 0) is 21.1 Å². The number of carbonyl (C=O) groups excluding carboxylic acids is 3. The highest BCUT2D eigenvalue weighted by molar-refractivity contribution is 6.07. The number of rotatable bonds is 8. The van der Waals surface area contributed by atoms with Gasteiger partial charge in [0.15, 0.2) is 0 Å². The van der Waals surface area contributed by atoms with Gasteiger partial charge in [0.2, 0.25) is 0 Å². The van der Waals surface area contributed by atoms with Gasteiger partial charge in [0.1, 0.15) is 22.9 Å². The molecule has 0 spiro atoms. The number of carbonyl (C=O) groups is 3. The van der Waals surface area contributed by atoms with Crippen molar-refractivity contribution in [3.8, 4) is 0 Å². The van der Waals surface area contributed by atoms with Crippen molar-refractivity contribution in [2.24, 2.45) is 32.0 Å². The van der Waals surface area contributed by atoms with Crippen LogP contribution >= 0.6 is 0 Å². The van der Waals surface area contributed by atoms with Crippen molar-refractivity contribution in [1.82, 2.24) is 19.0 Å². The Morgan fingerprint density at radius 2 is 1.32 bits per heavy atom. The summed E-state index contributed by atoms with van der Waals surface area (Å²) in [5, 5.41) is 19.5. The monoisotopic (exact) mass is 469 g/mol. The van der Waals surface area contributed by atoms with Crippen LogP contribution in [0.1, 0.15) is 37.9 Å². The average molecular weight is 470 g/mol. The van der Waals surface area contributed by atoms with Crippen molar-refractivity contribution >= 4 is 40.6 Å². The number of hydrogen-bond donors (Lipinski definition) is 6. The standard InChI is InChI=1S/C21H27N9O4/c1-28-9-12(22)6-15(28)20(32)25-14-8-17(30(3)11-14)21(33)26-13-7-16(29(2)10-13)19(31)24-5-4-18(23)27-34/h6-11,34H,4-5,22H2,1-3H3,(H2,23,27)(H,24,31)(H,25,32)(H,26,33). The first kappa shape index (κ1) is 24.0. The van der Waals surface area contributed by atoms with Crippen molar-refractivity contribution in [3.05, 3.63) is 53.9 Å². The molecule has 3 aromatic heterocycles. The smallest absolute Gasteiger partial charge is 0.272 e. The number of hydrogen-bond acceptors (Lipinski definition) is 6. The van der Waals surface area contributed by atoms with E-state index in [0.29, 0.717) is 34.1 Å². The predicted molar refractivity (Wildman–Crippen MR) is 127 cm³/mol. The van der Waals surface area contributed by atoms with Gasteiger partial charge in [-0.15, -0.1) is 0 Å². The molecule has 3 aromatic rings. The number of nitrogens with one attached hydrogen (secondary N) is 3. The molecule has 0 aromatic carbocycles. The Hall–Kier alpha value is -4.68. The number of anilines is 3. The molecule has 13 nitrogen and oxygen atoms in total. The molecule has 0 fully saturated rings. The van der Waals surface area contributed by atoms with E-state index < -0.39 is 5.91 Å². The number of amides is 3. The predicted octanol–water partition coefficient (Wildman–Crippen LogP) is 0.655. The van der Waals surface area contributed by atoms with Gasteiger partial charge >= 0.3 is 0 Å². The number of nitrogens with zero attached hydrogens (tertiary/aromatic N) is 4. The van der Waals surface area contributed by atoms with Gasteiger partial charge in [0.25, 0.3) is 17.7 Å². The maximum Gasteiger partial charge on any atom is 0.272 e. The minimum absolute atomic E-state index is 0.00560. The molecule has 0 aliphatic heterocycles. The molecular formula is C21H27N9O4. The second-order valence-corrected chi connectivity index (χ2v) is 7.72. The quantitative estimate of drug-likeness (QED) is 0.122. The fraction of sp³-hybridized carbons (Fsp3) is 0.238. The molecular weight excluding hydrogens is 442 g/mol. The van der Waals surface area contributed by atoms with E-state index in [4.69, 9.17) is 16.7 Å². The third kappa shape index (κ3) is 5.38. The molecule has 180 valence electrons. The van der Waals surface area contributed by atoms with Crippen LogP contribution in [0, 0.1) is 0 Å². The van der Waals surface area contributed by atoms with Gasteiger partial charge in [-0.3, -0.25) is 14.4 Å². The summed E-state index contributed by atoms with van der Waals surface area (Å²) in [6.45, 7) is 0.189. The van der Waals surface area contributed by atoms with Crippen molar-refractivity contribution in [3.63, 3.8) is 0 Å². The molecule has 0 atom stereocenters. The van der Waals surface area contributed by atoms with E-state index in [1.54, 1.807) is 65.6 Å². The molecule has 0 saturated heterocycles. The highest BCUT2D eigenvalue weighted by Crippen LogP contribution is 2.19. The summed E-state index contributed by atoms with van der Waals surface area (Å²) in [5.74, 6) is -1.15. The van der Waals surface area contributed by atoms with Crippen LogP contribution in [0.3, 0.4) is 0 Å². The molecule has 0 aliphatic rings. The zero-order valence-electron chi connectivity index (χ0n) is 19.0. The Kier molecular flexibility index (Phi) is 6.95. The number of aryl methyl sites for hydroxylation is 3. The third-order valence-corrected chi connectivity index (χ3v) is 5.04. The molecule has 0 saturated carbocycles. The van der Waals surface area contributed by atoms with E-state index >= 15 is 0 Å². The van der Waals surface area contributed by atoms with Crippen LogP contribution in [0.5, 0.6) is 0 Å². The zero-order valence-corrected chi connectivity index (χ0v) is 19.0. The molecule has 0 unspecified atom stereocenters. The lowest BCUT2D eigenvalue weighted by molar-refractivity contribution is 0.0944. The number of nitrogen functional groups attached to an aromatic ring is 1. The lowest BCUT2D eigenvalue weighted by Crippen LogP contribution is -2.29. The molecule has 13 heteroatoms. The van der Waals surface area contributed by atoms with Crippen molar-refractivity contribution in [1.29, 1.82) is 0 Å². The fourth-order valence-corrected chi connectivity index (χ4v) is 3.37. The summed E-state index contributed by atoms with van der Waals surface area (Å²) < 4.78 is 4.75. The molecule has 0 bridgehead atoms. The fourth-order valence-electron chi connectivity index (χ4n) is 3.37. The Labute approximate surface area is 195 Å². The first-order chi connectivity index (χ1) is 16.1.